The monoisotopic (exact) mass is 440 g/mol. The molecule has 7 heteroatoms. The van der Waals surface area contributed by atoms with Crippen LogP contribution in [0.4, 0.5) is 36.3 Å². The molecule has 4 rings (SSSR count). The Balaban J connectivity index is 1.59. The minimum absolute atomic E-state index is 0.107. The first-order valence-corrected chi connectivity index (χ1v) is 11.1. The van der Waals surface area contributed by atoms with Gasteiger partial charge in [-0.15, -0.1) is 0 Å². The van der Waals surface area contributed by atoms with Gasteiger partial charge in [0.25, 0.3) is 0 Å². The van der Waals surface area contributed by atoms with Gasteiger partial charge in [-0.2, -0.15) is 18.2 Å². The molecule has 0 amide bonds. The van der Waals surface area contributed by atoms with Crippen molar-refractivity contribution in [1.29, 1.82) is 0 Å². The number of hydrogen-bond donors (Lipinski definition) is 2. The van der Waals surface area contributed by atoms with Crippen LogP contribution in [0, 0.1) is 0 Å². The van der Waals surface area contributed by atoms with Crippen molar-refractivity contribution in [2.75, 3.05) is 10.6 Å². The molecule has 0 spiro atoms. The van der Waals surface area contributed by atoms with Crippen LogP contribution in [0.3, 0.4) is 0 Å². The summed E-state index contributed by atoms with van der Waals surface area (Å²) < 4.78 is 40.8. The SMILES string of the molecule is CCCc1ccc(Nc2ncc(C(F)(F)F)c(Nc3cccc(C4CCCC4)c3)n2)cc1. The molecule has 3 aromatic rings. The molecule has 2 N–H and O–H groups in total. The maximum atomic E-state index is 13.6. The first kappa shape index (κ1) is 22.1. The molecule has 1 fully saturated rings. The largest absolute Gasteiger partial charge is 0.421 e. The number of anilines is 4. The maximum absolute atomic E-state index is 13.6. The summed E-state index contributed by atoms with van der Waals surface area (Å²) in [6, 6.07) is 15.3. The van der Waals surface area contributed by atoms with Crippen molar-refractivity contribution in [3.63, 3.8) is 0 Å². The molecule has 1 heterocycles. The lowest BCUT2D eigenvalue weighted by molar-refractivity contribution is -0.137. The highest BCUT2D eigenvalue weighted by atomic mass is 19.4. The lowest BCUT2D eigenvalue weighted by Gasteiger charge is -2.16. The van der Waals surface area contributed by atoms with Crippen LogP contribution in [0.5, 0.6) is 0 Å². The molecule has 1 aromatic heterocycles. The first-order valence-electron chi connectivity index (χ1n) is 11.1. The Morgan fingerprint density at radius 1 is 0.969 bits per heavy atom. The smallest absolute Gasteiger partial charge is 0.340 e. The number of nitrogens with one attached hydrogen (secondary N) is 2. The topological polar surface area (TPSA) is 49.8 Å². The van der Waals surface area contributed by atoms with Gasteiger partial charge in [0.05, 0.1) is 0 Å². The van der Waals surface area contributed by atoms with Crippen LogP contribution < -0.4 is 10.6 Å². The molecule has 1 aliphatic rings. The molecule has 1 saturated carbocycles. The molecule has 1 aliphatic carbocycles. The Hall–Kier alpha value is -3.09. The van der Waals surface area contributed by atoms with Gasteiger partial charge in [-0.1, -0.05) is 50.5 Å². The Morgan fingerprint density at radius 3 is 2.41 bits per heavy atom. The minimum Gasteiger partial charge on any atom is -0.340 e. The van der Waals surface area contributed by atoms with E-state index >= 15 is 0 Å². The predicted molar refractivity (Wildman–Crippen MR) is 122 cm³/mol. The summed E-state index contributed by atoms with van der Waals surface area (Å²) in [5.74, 6) is 0.314. The van der Waals surface area contributed by atoms with Crippen LogP contribution >= 0.6 is 0 Å². The Morgan fingerprint density at radius 2 is 1.72 bits per heavy atom. The van der Waals surface area contributed by atoms with E-state index < -0.39 is 11.7 Å². The number of aromatic nitrogens is 2. The minimum atomic E-state index is -4.56. The lowest BCUT2D eigenvalue weighted by atomic mass is 9.97. The zero-order chi connectivity index (χ0) is 22.6. The number of nitrogens with zero attached hydrogens (tertiary/aromatic N) is 2. The number of hydrogen-bond acceptors (Lipinski definition) is 4. The van der Waals surface area contributed by atoms with E-state index in [2.05, 4.69) is 27.5 Å². The summed E-state index contributed by atoms with van der Waals surface area (Å²) in [4.78, 5) is 8.06. The van der Waals surface area contributed by atoms with Crippen molar-refractivity contribution in [3.8, 4) is 0 Å². The fourth-order valence-electron chi connectivity index (χ4n) is 4.18. The van der Waals surface area contributed by atoms with Crippen LogP contribution in [-0.4, -0.2) is 9.97 Å². The summed E-state index contributed by atoms with van der Waals surface area (Å²) in [6.45, 7) is 2.11. The second kappa shape index (κ2) is 9.59. The zero-order valence-electron chi connectivity index (χ0n) is 18.0. The van der Waals surface area contributed by atoms with Crippen LogP contribution in [0.25, 0.3) is 0 Å². The molecule has 0 aliphatic heterocycles. The highest BCUT2D eigenvalue weighted by Crippen LogP contribution is 2.37. The number of rotatable bonds is 7. The maximum Gasteiger partial charge on any atom is 0.421 e. The van der Waals surface area contributed by atoms with Gasteiger partial charge in [0.15, 0.2) is 0 Å². The third-order valence-electron chi connectivity index (χ3n) is 5.82. The summed E-state index contributed by atoms with van der Waals surface area (Å²) in [7, 11) is 0. The van der Waals surface area contributed by atoms with E-state index in [1.165, 1.54) is 18.4 Å². The van der Waals surface area contributed by atoms with Gasteiger partial charge < -0.3 is 10.6 Å². The molecule has 4 nitrogen and oxygen atoms in total. The van der Waals surface area contributed by atoms with Gasteiger partial charge in [0, 0.05) is 17.6 Å². The summed E-state index contributed by atoms with van der Waals surface area (Å²) in [5.41, 5.74) is 2.77. The van der Waals surface area contributed by atoms with Crippen molar-refractivity contribution in [2.24, 2.45) is 0 Å². The summed E-state index contributed by atoms with van der Waals surface area (Å²) >= 11 is 0. The number of benzene rings is 2. The highest BCUT2D eigenvalue weighted by Gasteiger charge is 2.35. The third-order valence-corrected chi connectivity index (χ3v) is 5.82. The van der Waals surface area contributed by atoms with Crippen molar-refractivity contribution in [1.82, 2.24) is 9.97 Å². The Labute approximate surface area is 186 Å². The average Bonchev–Trinajstić information content (AvgIpc) is 3.30. The van der Waals surface area contributed by atoms with E-state index in [1.54, 1.807) is 6.07 Å². The second-order valence-corrected chi connectivity index (χ2v) is 8.26. The molecule has 0 bridgehead atoms. The van der Waals surface area contributed by atoms with Crippen molar-refractivity contribution in [3.05, 3.63) is 71.4 Å². The van der Waals surface area contributed by atoms with Gasteiger partial charge in [-0.3, -0.25) is 0 Å². The van der Waals surface area contributed by atoms with Gasteiger partial charge in [0.1, 0.15) is 11.4 Å². The molecule has 0 saturated heterocycles. The standard InChI is InChI=1S/C25H27F3N4/c1-2-6-17-11-13-20(14-12-17)31-24-29-16-22(25(26,27)28)23(32-24)30-21-10-5-9-19(15-21)18-7-3-4-8-18/h5,9-16,18H,2-4,6-8H2,1H3,(H2,29,30,31,32). The normalized spacial score (nSPS) is 14.5. The quantitative estimate of drug-likeness (QED) is 0.397. The van der Waals surface area contributed by atoms with Crippen LogP contribution in [0.2, 0.25) is 0 Å². The van der Waals surface area contributed by atoms with Crippen molar-refractivity contribution >= 4 is 23.1 Å². The van der Waals surface area contributed by atoms with E-state index in [4.69, 9.17) is 0 Å². The van der Waals surface area contributed by atoms with Gasteiger partial charge in [-0.05, 0) is 60.6 Å². The molecule has 0 unspecified atom stereocenters. The van der Waals surface area contributed by atoms with Crippen LogP contribution in [0.15, 0.2) is 54.7 Å². The number of aryl methyl sites for hydroxylation is 1. The Bertz CT molecular complexity index is 1040. The van der Waals surface area contributed by atoms with Gasteiger partial charge in [-0.25, -0.2) is 4.98 Å². The molecule has 32 heavy (non-hydrogen) atoms. The average molecular weight is 441 g/mol. The fourth-order valence-corrected chi connectivity index (χ4v) is 4.18. The fraction of sp³-hybridized carbons (Fsp3) is 0.360. The lowest BCUT2D eigenvalue weighted by Crippen LogP contribution is -2.12. The number of alkyl halides is 3. The van der Waals surface area contributed by atoms with Crippen LogP contribution in [0.1, 0.15) is 61.6 Å². The molecule has 168 valence electrons. The second-order valence-electron chi connectivity index (χ2n) is 8.26. The number of halogens is 3. The van der Waals surface area contributed by atoms with Gasteiger partial charge >= 0.3 is 6.18 Å². The van der Waals surface area contributed by atoms with Gasteiger partial charge in [0.2, 0.25) is 5.95 Å². The van der Waals surface area contributed by atoms with E-state index in [9.17, 15) is 13.2 Å². The molecular weight excluding hydrogens is 413 g/mol. The van der Waals surface area contributed by atoms with E-state index in [1.807, 2.05) is 42.5 Å². The highest BCUT2D eigenvalue weighted by molar-refractivity contribution is 5.63. The summed E-state index contributed by atoms with van der Waals surface area (Å²) in [6.07, 6.45) is 2.92. The Kier molecular flexibility index (Phi) is 6.63. The van der Waals surface area contributed by atoms with Crippen molar-refractivity contribution in [2.45, 2.75) is 57.5 Å². The molecule has 0 radical (unpaired) electrons. The van der Waals surface area contributed by atoms with E-state index in [0.717, 1.165) is 43.1 Å². The van der Waals surface area contributed by atoms with E-state index in [-0.39, 0.29) is 11.8 Å². The van der Waals surface area contributed by atoms with Crippen molar-refractivity contribution < 1.29 is 13.2 Å². The zero-order valence-corrected chi connectivity index (χ0v) is 18.0. The molecular formula is C25H27F3N4. The first-order chi connectivity index (χ1) is 15.4. The van der Waals surface area contributed by atoms with Crippen LogP contribution in [-0.2, 0) is 12.6 Å². The predicted octanol–water partition coefficient (Wildman–Crippen LogP) is 7.59. The van der Waals surface area contributed by atoms with E-state index in [0.29, 0.717) is 11.6 Å². The summed E-state index contributed by atoms with van der Waals surface area (Å²) in [5, 5.41) is 5.89. The molecule has 0 atom stereocenters. The molecule has 2 aromatic carbocycles. The third kappa shape index (κ3) is 5.39.